The molecular formula is C19H24Cl2N2O2-2. The molecule has 4 nitrogen and oxygen atoms in total. The summed E-state index contributed by atoms with van der Waals surface area (Å²) in [4.78, 5) is 2.36. The lowest BCUT2D eigenvalue weighted by molar-refractivity contribution is -0.001000. The summed E-state index contributed by atoms with van der Waals surface area (Å²) in [6.07, 6.45) is 0. The molecule has 0 spiro atoms. The largest absolute Gasteiger partial charge is 1.00 e. The van der Waals surface area contributed by atoms with E-state index < -0.39 is 0 Å². The highest BCUT2D eigenvalue weighted by molar-refractivity contribution is 5.55. The molecule has 0 bridgehead atoms. The summed E-state index contributed by atoms with van der Waals surface area (Å²) in [6, 6.07) is 16.8. The van der Waals surface area contributed by atoms with Crippen LogP contribution in [0.5, 0.6) is 5.75 Å². The van der Waals surface area contributed by atoms with E-state index in [1.165, 1.54) is 11.3 Å². The summed E-state index contributed by atoms with van der Waals surface area (Å²) in [5.41, 5.74) is 3.55. The molecule has 1 fully saturated rings. The van der Waals surface area contributed by atoms with Crippen LogP contribution < -0.4 is 39.8 Å². The van der Waals surface area contributed by atoms with Crippen molar-refractivity contribution < 1.29 is 34.3 Å². The second-order valence-corrected chi connectivity index (χ2v) is 5.54. The summed E-state index contributed by atoms with van der Waals surface area (Å²) in [5, 5.41) is 3.47. The Kier molecular flexibility index (Phi) is 9.50. The Hall–Kier alpha value is -1.62. The van der Waals surface area contributed by atoms with Crippen LogP contribution in [0, 0.1) is 0 Å². The third-order valence-electron chi connectivity index (χ3n) is 4.00. The van der Waals surface area contributed by atoms with E-state index in [9.17, 15) is 0 Å². The molecule has 0 aliphatic carbocycles. The van der Waals surface area contributed by atoms with E-state index in [1.807, 2.05) is 25.1 Å². The minimum absolute atomic E-state index is 0. The maximum absolute atomic E-state index is 5.67. The van der Waals surface area contributed by atoms with Gasteiger partial charge >= 0.3 is 0 Å². The molecule has 2 aromatic carbocycles. The van der Waals surface area contributed by atoms with Crippen molar-refractivity contribution in [1.29, 1.82) is 0 Å². The van der Waals surface area contributed by atoms with Crippen molar-refractivity contribution in [2.75, 3.05) is 43.1 Å². The highest BCUT2D eigenvalue weighted by atomic mass is 35.5. The van der Waals surface area contributed by atoms with Gasteiger partial charge < -0.3 is 44.5 Å². The first kappa shape index (κ1) is 21.4. The maximum atomic E-state index is 5.67. The number of nitrogens with one attached hydrogen (secondary N) is 1. The van der Waals surface area contributed by atoms with Crippen LogP contribution in [-0.4, -0.2) is 32.9 Å². The van der Waals surface area contributed by atoms with Crippen molar-refractivity contribution in [1.82, 2.24) is 0 Å². The third-order valence-corrected chi connectivity index (χ3v) is 4.00. The topological polar surface area (TPSA) is 33.7 Å². The van der Waals surface area contributed by atoms with Gasteiger partial charge in [-0.25, -0.2) is 0 Å². The molecule has 0 aromatic heterocycles. The zero-order valence-electron chi connectivity index (χ0n) is 14.4. The van der Waals surface area contributed by atoms with Gasteiger partial charge in [0.1, 0.15) is 5.75 Å². The van der Waals surface area contributed by atoms with Gasteiger partial charge in [-0.1, -0.05) is 18.2 Å². The van der Waals surface area contributed by atoms with Crippen LogP contribution in [0.25, 0.3) is 0 Å². The van der Waals surface area contributed by atoms with E-state index >= 15 is 0 Å². The predicted octanol–water partition coefficient (Wildman–Crippen LogP) is -2.46. The first-order chi connectivity index (χ1) is 11.4. The number of anilines is 2. The number of hydrogen-bond acceptors (Lipinski definition) is 4. The third kappa shape index (κ3) is 5.99. The molecule has 1 N–H and O–H groups in total. The van der Waals surface area contributed by atoms with Gasteiger partial charge in [0.15, 0.2) is 0 Å². The Morgan fingerprint density at radius 2 is 1.68 bits per heavy atom. The van der Waals surface area contributed by atoms with Crippen LogP contribution in [-0.2, 0) is 11.3 Å². The molecule has 1 heterocycles. The SMILES string of the molecule is CCOc1ccccc1CNc1ccc(N2CCOCC2)cc1.[Cl-].[Cl-]. The fourth-order valence-corrected chi connectivity index (χ4v) is 2.76. The quantitative estimate of drug-likeness (QED) is 0.600. The normalized spacial score (nSPS) is 13.4. The van der Waals surface area contributed by atoms with Crippen molar-refractivity contribution in [3.05, 3.63) is 54.1 Å². The second kappa shape index (κ2) is 11.1. The van der Waals surface area contributed by atoms with Crippen LogP contribution in [0.1, 0.15) is 12.5 Å². The Morgan fingerprint density at radius 3 is 2.36 bits per heavy atom. The molecule has 0 amide bonds. The summed E-state index contributed by atoms with van der Waals surface area (Å²) >= 11 is 0. The van der Waals surface area contributed by atoms with Gasteiger partial charge in [0.25, 0.3) is 0 Å². The van der Waals surface area contributed by atoms with Gasteiger partial charge in [0.05, 0.1) is 19.8 Å². The standard InChI is InChI=1S/C19H24N2O2.2ClH/c1-2-23-19-6-4-3-5-16(19)15-20-17-7-9-18(10-8-17)21-11-13-22-14-12-21;;/h3-10,20H,2,11-15H2,1H3;2*1H/p-2. The van der Waals surface area contributed by atoms with E-state index in [1.54, 1.807) is 0 Å². The number of nitrogens with zero attached hydrogens (tertiary/aromatic N) is 1. The molecule has 0 atom stereocenters. The Balaban J connectivity index is 0.00000156. The molecule has 3 rings (SSSR count). The van der Waals surface area contributed by atoms with E-state index in [4.69, 9.17) is 9.47 Å². The molecule has 2 aromatic rings. The number of ether oxygens (including phenoxy) is 2. The van der Waals surface area contributed by atoms with Gasteiger partial charge in [0.2, 0.25) is 0 Å². The molecular weight excluding hydrogens is 359 g/mol. The maximum Gasteiger partial charge on any atom is 0.124 e. The van der Waals surface area contributed by atoms with E-state index in [-0.39, 0.29) is 24.8 Å². The molecule has 1 aliphatic heterocycles. The van der Waals surface area contributed by atoms with Crippen molar-refractivity contribution >= 4 is 11.4 Å². The second-order valence-electron chi connectivity index (χ2n) is 5.54. The van der Waals surface area contributed by atoms with Gasteiger partial charge in [-0.2, -0.15) is 0 Å². The van der Waals surface area contributed by atoms with Crippen LogP contribution >= 0.6 is 0 Å². The zero-order chi connectivity index (χ0) is 15.9. The molecule has 6 heteroatoms. The summed E-state index contributed by atoms with van der Waals surface area (Å²) in [6.45, 7) is 7.01. The average Bonchev–Trinajstić information content (AvgIpc) is 2.62. The lowest BCUT2D eigenvalue weighted by atomic mass is 10.2. The van der Waals surface area contributed by atoms with Crippen LogP contribution in [0.4, 0.5) is 11.4 Å². The Bertz CT molecular complexity index is 617. The minimum atomic E-state index is 0. The van der Waals surface area contributed by atoms with Crippen LogP contribution in [0.2, 0.25) is 0 Å². The first-order valence-electron chi connectivity index (χ1n) is 8.24. The van der Waals surface area contributed by atoms with E-state index in [2.05, 4.69) is 40.5 Å². The highest BCUT2D eigenvalue weighted by Gasteiger charge is 2.10. The van der Waals surface area contributed by atoms with Crippen molar-refractivity contribution in [3.63, 3.8) is 0 Å². The molecule has 1 aliphatic rings. The van der Waals surface area contributed by atoms with E-state index in [0.29, 0.717) is 6.61 Å². The van der Waals surface area contributed by atoms with Gasteiger partial charge in [-0.15, -0.1) is 0 Å². The molecule has 0 saturated carbocycles. The Labute approximate surface area is 162 Å². The van der Waals surface area contributed by atoms with Crippen LogP contribution in [0.3, 0.4) is 0 Å². The Morgan fingerprint density at radius 1 is 1.00 bits per heavy atom. The number of para-hydroxylation sites is 1. The molecule has 138 valence electrons. The molecule has 0 unspecified atom stereocenters. The van der Waals surface area contributed by atoms with Gasteiger partial charge in [0, 0.05) is 36.6 Å². The number of halogens is 2. The highest BCUT2D eigenvalue weighted by Crippen LogP contribution is 2.22. The molecule has 1 saturated heterocycles. The summed E-state index contributed by atoms with van der Waals surface area (Å²) in [7, 11) is 0. The van der Waals surface area contributed by atoms with Crippen LogP contribution in [0.15, 0.2) is 48.5 Å². The smallest absolute Gasteiger partial charge is 0.124 e. The molecule has 0 radical (unpaired) electrons. The summed E-state index contributed by atoms with van der Waals surface area (Å²) < 4.78 is 11.1. The number of benzene rings is 2. The summed E-state index contributed by atoms with van der Waals surface area (Å²) in [5.74, 6) is 0.951. The first-order valence-corrected chi connectivity index (χ1v) is 8.24. The average molecular weight is 383 g/mol. The van der Waals surface area contributed by atoms with Gasteiger partial charge in [-0.05, 0) is 37.3 Å². The lowest BCUT2D eigenvalue weighted by Crippen LogP contribution is -3.00. The predicted molar refractivity (Wildman–Crippen MR) is 94.4 cm³/mol. The number of morpholine rings is 1. The minimum Gasteiger partial charge on any atom is -1.00 e. The van der Waals surface area contributed by atoms with Gasteiger partial charge in [-0.3, -0.25) is 0 Å². The fourth-order valence-electron chi connectivity index (χ4n) is 2.76. The zero-order valence-corrected chi connectivity index (χ0v) is 15.9. The van der Waals surface area contributed by atoms with Crippen molar-refractivity contribution in [2.45, 2.75) is 13.5 Å². The molecule has 25 heavy (non-hydrogen) atoms. The number of rotatable bonds is 6. The van der Waals surface area contributed by atoms with Crippen molar-refractivity contribution in [2.24, 2.45) is 0 Å². The lowest BCUT2D eigenvalue weighted by Gasteiger charge is -2.29. The fraction of sp³-hybridized carbons (Fsp3) is 0.368. The monoisotopic (exact) mass is 382 g/mol. The van der Waals surface area contributed by atoms with E-state index in [0.717, 1.165) is 44.3 Å². The number of hydrogen-bond donors (Lipinski definition) is 1. The van der Waals surface area contributed by atoms with Crippen molar-refractivity contribution in [3.8, 4) is 5.75 Å².